The van der Waals surface area contributed by atoms with Crippen LogP contribution in [0.1, 0.15) is 31.4 Å². The fourth-order valence-corrected chi connectivity index (χ4v) is 3.18. The molecular formula is C16H24ClN3O. The average molecular weight is 310 g/mol. The fraction of sp³-hybridized carbons (Fsp3) is 0.562. The summed E-state index contributed by atoms with van der Waals surface area (Å²) in [6.45, 7) is 4.99. The molecule has 2 atom stereocenters. The molecule has 0 aromatic heterocycles. The van der Waals surface area contributed by atoms with Gasteiger partial charge in [0.05, 0.1) is 12.6 Å². The van der Waals surface area contributed by atoms with Gasteiger partial charge < -0.3 is 11.1 Å². The van der Waals surface area contributed by atoms with Crippen LogP contribution in [0, 0.1) is 5.92 Å². The van der Waals surface area contributed by atoms with Gasteiger partial charge in [-0.25, -0.2) is 0 Å². The molecule has 3 N–H and O–H groups in total. The second-order valence-electron chi connectivity index (χ2n) is 5.79. The lowest BCUT2D eigenvalue weighted by molar-refractivity contribution is -0.123. The molecule has 0 aliphatic carbocycles. The van der Waals surface area contributed by atoms with Crippen molar-refractivity contribution in [3.8, 4) is 0 Å². The number of rotatable bonds is 5. The molecule has 4 nitrogen and oxygen atoms in total. The Labute approximate surface area is 131 Å². The first kappa shape index (κ1) is 16.3. The molecule has 5 heteroatoms. The predicted octanol–water partition coefficient (Wildman–Crippen LogP) is 2.19. The van der Waals surface area contributed by atoms with E-state index >= 15 is 0 Å². The first-order chi connectivity index (χ1) is 10.1. The smallest absolute Gasteiger partial charge is 0.234 e. The maximum Gasteiger partial charge on any atom is 0.234 e. The Morgan fingerprint density at radius 3 is 3.00 bits per heavy atom. The summed E-state index contributed by atoms with van der Waals surface area (Å²) in [6.07, 6.45) is 2.29. The van der Waals surface area contributed by atoms with E-state index in [4.69, 9.17) is 17.3 Å². The van der Waals surface area contributed by atoms with Gasteiger partial charge in [0.25, 0.3) is 0 Å². The van der Waals surface area contributed by atoms with E-state index < -0.39 is 0 Å². The minimum absolute atomic E-state index is 0.0418. The number of hydrogen-bond donors (Lipinski definition) is 2. The number of amides is 1. The number of hydrogen-bond acceptors (Lipinski definition) is 3. The number of carbonyl (C=O) groups excluding carboxylic acids is 1. The van der Waals surface area contributed by atoms with E-state index in [0.29, 0.717) is 24.0 Å². The van der Waals surface area contributed by atoms with Crippen LogP contribution in [-0.2, 0) is 4.79 Å². The molecule has 0 bridgehead atoms. The number of likely N-dealkylation sites (tertiary alicyclic amines) is 1. The van der Waals surface area contributed by atoms with Crippen molar-refractivity contribution in [2.75, 3.05) is 26.2 Å². The number of nitrogens with one attached hydrogen (secondary N) is 1. The zero-order valence-corrected chi connectivity index (χ0v) is 13.3. The standard InChI is InChI=1S/C16H24ClN3O/c1-12(14-6-2-3-7-15(14)17)19-16(21)11-20-8-4-5-13(9-18)10-20/h2-3,6-7,12-13H,4-5,8-11,18H2,1H3,(H,19,21). The largest absolute Gasteiger partial charge is 0.348 e. The Bertz CT molecular complexity index is 480. The Morgan fingerprint density at radius 2 is 2.29 bits per heavy atom. The van der Waals surface area contributed by atoms with Gasteiger partial charge in [-0.1, -0.05) is 29.8 Å². The lowest BCUT2D eigenvalue weighted by Gasteiger charge is -2.31. The van der Waals surface area contributed by atoms with E-state index in [1.165, 1.54) is 6.42 Å². The van der Waals surface area contributed by atoms with Gasteiger partial charge in [-0.2, -0.15) is 0 Å². The van der Waals surface area contributed by atoms with Crippen molar-refractivity contribution in [2.45, 2.75) is 25.8 Å². The van der Waals surface area contributed by atoms with Crippen LogP contribution >= 0.6 is 11.6 Å². The normalized spacial score (nSPS) is 21.0. The zero-order valence-electron chi connectivity index (χ0n) is 12.5. The van der Waals surface area contributed by atoms with E-state index in [1.54, 1.807) is 0 Å². The molecule has 1 aliphatic heterocycles. The number of nitrogens with two attached hydrogens (primary N) is 1. The summed E-state index contributed by atoms with van der Waals surface area (Å²) in [5.74, 6) is 0.563. The van der Waals surface area contributed by atoms with Crippen LogP contribution in [0.2, 0.25) is 5.02 Å². The molecule has 2 rings (SSSR count). The number of piperidine rings is 1. The highest BCUT2D eigenvalue weighted by molar-refractivity contribution is 6.31. The number of carbonyl (C=O) groups is 1. The molecule has 1 saturated heterocycles. The molecule has 1 aromatic rings. The van der Waals surface area contributed by atoms with Crippen molar-refractivity contribution in [2.24, 2.45) is 11.7 Å². The molecule has 21 heavy (non-hydrogen) atoms. The van der Waals surface area contributed by atoms with E-state index in [9.17, 15) is 4.79 Å². The van der Waals surface area contributed by atoms with Crippen LogP contribution < -0.4 is 11.1 Å². The molecule has 1 heterocycles. The van der Waals surface area contributed by atoms with Gasteiger partial charge in [-0.15, -0.1) is 0 Å². The second kappa shape index (κ2) is 7.78. The molecule has 116 valence electrons. The predicted molar refractivity (Wildman–Crippen MR) is 86.2 cm³/mol. The van der Waals surface area contributed by atoms with Gasteiger partial charge >= 0.3 is 0 Å². The summed E-state index contributed by atoms with van der Waals surface area (Å²) in [6, 6.07) is 7.53. The van der Waals surface area contributed by atoms with E-state index in [0.717, 1.165) is 25.1 Å². The van der Waals surface area contributed by atoms with Crippen LogP contribution in [0.4, 0.5) is 0 Å². The third-order valence-electron chi connectivity index (χ3n) is 4.05. The molecule has 1 aliphatic rings. The number of benzene rings is 1. The van der Waals surface area contributed by atoms with Gasteiger partial charge in [0.2, 0.25) is 5.91 Å². The maximum absolute atomic E-state index is 12.2. The van der Waals surface area contributed by atoms with E-state index in [-0.39, 0.29) is 11.9 Å². The van der Waals surface area contributed by atoms with Crippen LogP contribution in [0.15, 0.2) is 24.3 Å². The first-order valence-corrected chi connectivity index (χ1v) is 7.94. The van der Waals surface area contributed by atoms with Crippen LogP contribution in [-0.4, -0.2) is 37.0 Å². The highest BCUT2D eigenvalue weighted by atomic mass is 35.5. The minimum atomic E-state index is -0.0821. The van der Waals surface area contributed by atoms with Crippen molar-refractivity contribution < 1.29 is 4.79 Å². The molecule has 1 aromatic carbocycles. The van der Waals surface area contributed by atoms with Gasteiger partial charge in [0, 0.05) is 11.6 Å². The average Bonchev–Trinajstić information content (AvgIpc) is 2.47. The van der Waals surface area contributed by atoms with Crippen molar-refractivity contribution in [1.82, 2.24) is 10.2 Å². The summed E-state index contributed by atoms with van der Waals surface area (Å²) < 4.78 is 0. The molecule has 2 unspecified atom stereocenters. The lowest BCUT2D eigenvalue weighted by Crippen LogP contribution is -2.44. The first-order valence-electron chi connectivity index (χ1n) is 7.56. The van der Waals surface area contributed by atoms with Crippen LogP contribution in [0.3, 0.4) is 0 Å². The Morgan fingerprint density at radius 1 is 1.52 bits per heavy atom. The summed E-state index contributed by atoms with van der Waals surface area (Å²) in [5, 5.41) is 3.71. The molecule has 0 saturated carbocycles. The van der Waals surface area contributed by atoms with E-state index in [2.05, 4.69) is 10.2 Å². The molecule has 0 radical (unpaired) electrons. The second-order valence-corrected chi connectivity index (χ2v) is 6.20. The highest BCUT2D eigenvalue weighted by Gasteiger charge is 2.21. The molecule has 1 amide bonds. The molecular weight excluding hydrogens is 286 g/mol. The lowest BCUT2D eigenvalue weighted by atomic mass is 9.98. The fourth-order valence-electron chi connectivity index (χ4n) is 2.88. The summed E-state index contributed by atoms with van der Waals surface area (Å²) in [5.41, 5.74) is 6.68. The zero-order chi connectivity index (χ0) is 15.2. The minimum Gasteiger partial charge on any atom is -0.348 e. The highest BCUT2D eigenvalue weighted by Crippen LogP contribution is 2.22. The Hall–Kier alpha value is -1.10. The van der Waals surface area contributed by atoms with E-state index in [1.807, 2.05) is 31.2 Å². The van der Waals surface area contributed by atoms with Crippen molar-refractivity contribution >= 4 is 17.5 Å². The third kappa shape index (κ3) is 4.70. The van der Waals surface area contributed by atoms with Crippen molar-refractivity contribution in [3.63, 3.8) is 0 Å². The summed E-state index contributed by atoms with van der Waals surface area (Å²) >= 11 is 6.16. The number of nitrogens with zero attached hydrogens (tertiary/aromatic N) is 1. The SMILES string of the molecule is CC(NC(=O)CN1CCCC(CN)C1)c1ccccc1Cl. The topological polar surface area (TPSA) is 58.4 Å². The number of halogens is 1. The van der Waals surface area contributed by atoms with Gasteiger partial charge in [0.1, 0.15) is 0 Å². The monoisotopic (exact) mass is 309 g/mol. The Kier molecular flexibility index (Phi) is 6.03. The quantitative estimate of drug-likeness (QED) is 0.876. The van der Waals surface area contributed by atoms with Crippen molar-refractivity contribution in [3.05, 3.63) is 34.9 Å². The van der Waals surface area contributed by atoms with Gasteiger partial charge in [0.15, 0.2) is 0 Å². The third-order valence-corrected chi connectivity index (χ3v) is 4.40. The summed E-state index contributed by atoms with van der Waals surface area (Å²) in [7, 11) is 0. The van der Waals surface area contributed by atoms with Gasteiger partial charge in [-0.3, -0.25) is 9.69 Å². The molecule has 0 spiro atoms. The van der Waals surface area contributed by atoms with Crippen LogP contribution in [0.25, 0.3) is 0 Å². The van der Waals surface area contributed by atoms with Crippen molar-refractivity contribution in [1.29, 1.82) is 0 Å². The van der Waals surface area contributed by atoms with Crippen LogP contribution in [0.5, 0.6) is 0 Å². The Balaban J connectivity index is 1.85. The maximum atomic E-state index is 12.2. The summed E-state index contributed by atoms with van der Waals surface area (Å²) in [4.78, 5) is 14.4. The van der Waals surface area contributed by atoms with Gasteiger partial charge in [-0.05, 0) is 50.4 Å². The molecule has 1 fully saturated rings.